The van der Waals surface area contributed by atoms with Gasteiger partial charge in [-0.2, -0.15) is 0 Å². The van der Waals surface area contributed by atoms with Crippen LogP contribution in [0.4, 0.5) is 0 Å². The minimum Gasteiger partial charge on any atom is -0.223 e. The van der Waals surface area contributed by atoms with Crippen LogP contribution in [0.15, 0.2) is 41.3 Å². The average Bonchev–Trinajstić information content (AvgIpc) is 2.33. The first kappa shape index (κ1) is 10.8. The summed E-state index contributed by atoms with van der Waals surface area (Å²) in [5.41, 5.74) is 1.12. The summed E-state index contributed by atoms with van der Waals surface area (Å²) >= 11 is 0. The van der Waals surface area contributed by atoms with Crippen molar-refractivity contribution in [2.24, 2.45) is 0 Å². The predicted molar refractivity (Wildman–Crippen MR) is 68.9 cm³/mol. The van der Waals surface area contributed by atoms with Gasteiger partial charge in [0.15, 0.2) is 9.84 Å². The Hall–Kier alpha value is -1.35. The molecule has 2 aromatic rings. The quantitative estimate of drug-likeness (QED) is 0.775. The zero-order chi connectivity index (χ0) is 12.0. The van der Waals surface area contributed by atoms with E-state index in [0.717, 1.165) is 16.3 Å². The normalized spacial score (nSPS) is 21.6. The lowest BCUT2D eigenvalue weighted by Crippen LogP contribution is -2.24. The maximum Gasteiger partial charge on any atom is 0.182 e. The van der Waals surface area contributed by atoms with Gasteiger partial charge in [-0.25, -0.2) is 8.42 Å². The highest BCUT2D eigenvalue weighted by Crippen LogP contribution is 2.32. The van der Waals surface area contributed by atoms with Crippen LogP contribution in [0.5, 0.6) is 0 Å². The van der Waals surface area contributed by atoms with Crippen molar-refractivity contribution in [1.29, 1.82) is 0 Å². The van der Waals surface area contributed by atoms with E-state index in [9.17, 15) is 8.42 Å². The van der Waals surface area contributed by atoms with E-state index in [1.165, 1.54) is 0 Å². The molecule has 3 heteroatoms. The van der Waals surface area contributed by atoms with E-state index < -0.39 is 9.84 Å². The third-order valence-electron chi connectivity index (χ3n) is 3.57. The molecule has 0 amide bonds. The number of fused-ring (bicyclic) bond motifs is 3. The average molecular weight is 246 g/mol. The van der Waals surface area contributed by atoms with E-state index >= 15 is 0 Å². The molecule has 1 unspecified atom stereocenters. The smallest absolute Gasteiger partial charge is 0.182 e. The Morgan fingerprint density at radius 2 is 2.06 bits per heavy atom. The molecule has 17 heavy (non-hydrogen) atoms. The molecule has 2 nitrogen and oxygen atoms in total. The summed E-state index contributed by atoms with van der Waals surface area (Å²) in [6.07, 6.45) is 1.29. The molecule has 0 saturated carbocycles. The zero-order valence-corrected chi connectivity index (χ0v) is 10.5. The fraction of sp³-hybridized carbons (Fsp3) is 0.286. The monoisotopic (exact) mass is 246 g/mol. The van der Waals surface area contributed by atoms with Crippen LogP contribution in [0.3, 0.4) is 0 Å². The molecule has 0 saturated heterocycles. The third kappa shape index (κ3) is 1.49. The molecule has 0 aromatic heterocycles. The summed E-state index contributed by atoms with van der Waals surface area (Å²) in [7, 11) is -3.18. The Morgan fingerprint density at radius 1 is 1.24 bits per heavy atom. The highest BCUT2D eigenvalue weighted by molar-refractivity contribution is 7.92. The molecule has 88 valence electrons. The zero-order valence-electron chi connectivity index (χ0n) is 9.68. The molecule has 2 heterocycles. The first-order valence-electron chi connectivity index (χ1n) is 5.88. The van der Waals surface area contributed by atoms with E-state index in [1.807, 2.05) is 31.2 Å². The van der Waals surface area contributed by atoms with Crippen LogP contribution < -0.4 is 0 Å². The summed E-state index contributed by atoms with van der Waals surface area (Å²) in [4.78, 5) is 0.494. The molecule has 2 aromatic carbocycles. The highest BCUT2D eigenvalue weighted by atomic mass is 32.2. The van der Waals surface area contributed by atoms with E-state index in [4.69, 9.17) is 0 Å². The van der Waals surface area contributed by atoms with Crippen LogP contribution in [-0.4, -0.2) is 13.7 Å². The van der Waals surface area contributed by atoms with E-state index in [0.29, 0.717) is 17.7 Å². The fourth-order valence-corrected chi connectivity index (χ4v) is 4.56. The van der Waals surface area contributed by atoms with Crippen molar-refractivity contribution in [3.63, 3.8) is 0 Å². The molecule has 4 bridgehead atoms. The fourth-order valence-electron chi connectivity index (χ4n) is 2.59. The molecule has 2 aliphatic rings. The summed E-state index contributed by atoms with van der Waals surface area (Å²) in [5.74, 6) is 0. The maximum atomic E-state index is 12.5. The Labute approximate surface area is 101 Å². The summed E-state index contributed by atoms with van der Waals surface area (Å²) in [6, 6.07) is 11.6. The summed E-state index contributed by atoms with van der Waals surface area (Å²) in [6.45, 7) is 1.94. The van der Waals surface area contributed by atoms with E-state index in [2.05, 4.69) is 6.07 Å². The molecule has 4 rings (SSSR count). The molecule has 0 aliphatic carbocycles. The second-order valence-corrected chi connectivity index (χ2v) is 6.79. The van der Waals surface area contributed by atoms with Crippen molar-refractivity contribution in [2.75, 3.05) is 0 Å². The lowest BCUT2D eigenvalue weighted by molar-refractivity contribution is 0.574. The van der Waals surface area contributed by atoms with Gasteiger partial charge in [-0.1, -0.05) is 37.3 Å². The largest absolute Gasteiger partial charge is 0.223 e. The molecule has 2 aliphatic heterocycles. The van der Waals surface area contributed by atoms with Crippen molar-refractivity contribution in [3.8, 4) is 0 Å². The van der Waals surface area contributed by atoms with Gasteiger partial charge in [-0.05, 0) is 29.9 Å². The van der Waals surface area contributed by atoms with Gasteiger partial charge < -0.3 is 0 Å². The molecular formula is C14H14O2S. The highest BCUT2D eigenvalue weighted by Gasteiger charge is 2.29. The van der Waals surface area contributed by atoms with Gasteiger partial charge in [0.05, 0.1) is 10.1 Å². The Morgan fingerprint density at radius 3 is 2.82 bits per heavy atom. The van der Waals surface area contributed by atoms with Gasteiger partial charge in [-0.15, -0.1) is 0 Å². The van der Waals surface area contributed by atoms with Gasteiger partial charge in [-0.3, -0.25) is 0 Å². The molecule has 1 atom stereocenters. The van der Waals surface area contributed by atoms with Crippen LogP contribution in [0, 0.1) is 0 Å². The van der Waals surface area contributed by atoms with Gasteiger partial charge in [0, 0.05) is 5.39 Å². The standard InChI is InChI=1S/C14H14O2S/c1-2-12-9-10-6-7-13-11(8-10)4-3-5-14(13)17(12,15)16/h3-8,12H,2,9H2,1H3. The first-order valence-corrected chi connectivity index (χ1v) is 7.43. The summed E-state index contributed by atoms with van der Waals surface area (Å²) in [5, 5.41) is 1.60. The van der Waals surface area contributed by atoms with E-state index in [1.54, 1.807) is 6.07 Å². The molecule has 0 spiro atoms. The minimum atomic E-state index is -3.18. The van der Waals surface area contributed by atoms with Crippen LogP contribution >= 0.6 is 0 Å². The van der Waals surface area contributed by atoms with Crippen LogP contribution in [0.1, 0.15) is 18.9 Å². The third-order valence-corrected chi connectivity index (χ3v) is 5.92. The number of hydrogen-bond donors (Lipinski definition) is 0. The Balaban J connectivity index is 2.45. The number of benzene rings is 2. The minimum absolute atomic E-state index is 0.284. The summed E-state index contributed by atoms with van der Waals surface area (Å²) < 4.78 is 25.0. The number of hydrogen-bond acceptors (Lipinski definition) is 2. The SMILES string of the molecule is CCC1Cc2ccc3c(cccc3c2)S1(=O)=O. The number of rotatable bonds is 1. The second-order valence-electron chi connectivity index (χ2n) is 4.59. The predicted octanol–water partition coefficient (Wildman–Crippen LogP) is 2.95. The number of sulfone groups is 1. The van der Waals surface area contributed by atoms with Gasteiger partial charge >= 0.3 is 0 Å². The molecular weight excluding hydrogens is 232 g/mol. The van der Waals surface area contributed by atoms with Crippen molar-refractivity contribution in [2.45, 2.75) is 29.9 Å². The first-order chi connectivity index (χ1) is 8.13. The lowest BCUT2D eigenvalue weighted by Gasteiger charge is -2.21. The van der Waals surface area contributed by atoms with Crippen LogP contribution in [0.25, 0.3) is 10.8 Å². The Bertz CT molecular complexity index is 686. The molecule has 0 radical (unpaired) electrons. The lowest BCUT2D eigenvalue weighted by atomic mass is 10.0. The van der Waals surface area contributed by atoms with Crippen molar-refractivity contribution >= 4 is 20.6 Å². The van der Waals surface area contributed by atoms with Crippen molar-refractivity contribution < 1.29 is 8.42 Å². The second kappa shape index (κ2) is 3.57. The maximum absolute atomic E-state index is 12.5. The molecule has 0 N–H and O–H groups in total. The van der Waals surface area contributed by atoms with Crippen LogP contribution in [-0.2, 0) is 16.3 Å². The van der Waals surface area contributed by atoms with Gasteiger partial charge in [0.1, 0.15) is 0 Å². The molecule has 0 fully saturated rings. The van der Waals surface area contributed by atoms with Crippen molar-refractivity contribution in [1.82, 2.24) is 0 Å². The van der Waals surface area contributed by atoms with Gasteiger partial charge in [0.2, 0.25) is 0 Å². The topological polar surface area (TPSA) is 34.1 Å². The van der Waals surface area contributed by atoms with Crippen LogP contribution in [0.2, 0.25) is 0 Å². The Kier molecular flexibility index (Phi) is 2.26. The van der Waals surface area contributed by atoms with E-state index in [-0.39, 0.29) is 5.25 Å². The van der Waals surface area contributed by atoms with Gasteiger partial charge in [0.25, 0.3) is 0 Å². The van der Waals surface area contributed by atoms with Crippen molar-refractivity contribution in [3.05, 3.63) is 42.0 Å².